The standard InChI is InChI=1S/C15H24N4O4S/c20-15(2-1-13-3-5-16-11-13)18-6-8-19(9-7-18)24(21,22)12-14-4-10-23-17-14/h4,10,13,16H,1-3,5-9,11-12H2. The second kappa shape index (κ2) is 7.62. The Kier molecular flexibility index (Phi) is 5.52. The molecule has 0 spiro atoms. The van der Waals surface area contributed by atoms with Gasteiger partial charge in [-0.1, -0.05) is 5.16 Å². The minimum atomic E-state index is -3.42. The monoisotopic (exact) mass is 356 g/mol. The zero-order valence-electron chi connectivity index (χ0n) is 13.7. The molecule has 2 saturated heterocycles. The third-order valence-electron chi connectivity index (χ3n) is 4.74. The highest BCUT2D eigenvalue weighted by Crippen LogP contribution is 2.17. The highest BCUT2D eigenvalue weighted by atomic mass is 32.2. The van der Waals surface area contributed by atoms with Crippen LogP contribution < -0.4 is 5.32 Å². The van der Waals surface area contributed by atoms with Gasteiger partial charge in [0.05, 0.1) is 5.69 Å². The maximum atomic E-state index is 12.4. The van der Waals surface area contributed by atoms with Crippen molar-refractivity contribution in [2.24, 2.45) is 5.92 Å². The Morgan fingerprint density at radius 3 is 2.75 bits per heavy atom. The van der Waals surface area contributed by atoms with E-state index in [4.69, 9.17) is 0 Å². The van der Waals surface area contributed by atoms with Gasteiger partial charge in [0.2, 0.25) is 15.9 Å². The number of carbonyl (C=O) groups excluding carboxylic acids is 1. The van der Waals surface area contributed by atoms with Crippen molar-refractivity contribution >= 4 is 15.9 Å². The number of carbonyl (C=O) groups is 1. The Morgan fingerprint density at radius 1 is 1.33 bits per heavy atom. The fourth-order valence-corrected chi connectivity index (χ4v) is 4.68. The van der Waals surface area contributed by atoms with Gasteiger partial charge in [0.1, 0.15) is 12.0 Å². The summed E-state index contributed by atoms with van der Waals surface area (Å²) in [6, 6.07) is 1.55. The molecule has 2 aliphatic heterocycles. The Morgan fingerprint density at radius 2 is 2.12 bits per heavy atom. The molecule has 9 heteroatoms. The molecule has 1 aromatic rings. The molecule has 0 saturated carbocycles. The van der Waals surface area contributed by atoms with Gasteiger partial charge in [-0.05, 0) is 31.8 Å². The fourth-order valence-electron chi connectivity index (χ4n) is 3.25. The average Bonchev–Trinajstić information content (AvgIpc) is 3.26. The molecule has 3 rings (SSSR count). The first-order valence-electron chi connectivity index (χ1n) is 8.40. The van der Waals surface area contributed by atoms with Gasteiger partial charge in [-0.15, -0.1) is 0 Å². The molecule has 1 N–H and O–H groups in total. The third-order valence-corrected chi connectivity index (χ3v) is 6.55. The summed E-state index contributed by atoms with van der Waals surface area (Å²) in [5.74, 6) is 0.570. The van der Waals surface area contributed by atoms with Crippen molar-refractivity contribution in [2.75, 3.05) is 39.3 Å². The topological polar surface area (TPSA) is 95.8 Å². The summed E-state index contributed by atoms with van der Waals surface area (Å²) < 4.78 is 30.8. The average molecular weight is 356 g/mol. The number of sulfonamides is 1. The molecule has 2 fully saturated rings. The van der Waals surface area contributed by atoms with Gasteiger partial charge in [0.15, 0.2) is 0 Å². The summed E-state index contributed by atoms with van der Waals surface area (Å²) >= 11 is 0. The number of hydrogen-bond acceptors (Lipinski definition) is 6. The lowest BCUT2D eigenvalue weighted by atomic mass is 10.0. The van der Waals surface area contributed by atoms with Crippen LogP contribution in [0, 0.1) is 5.92 Å². The van der Waals surface area contributed by atoms with E-state index in [1.54, 1.807) is 11.0 Å². The molecular formula is C15H24N4O4S. The second-order valence-corrected chi connectivity index (χ2v) is 8.39. The summed E-state index contributed by atoms with van der Waals surface area (Å²) in [6.07, 6.45) is 3.97. The van der Waals surface area contributed by atoms with Crippen molar-refractivity contribution in [3.8, 4) is 0 Å². The van der Waals surface area contributed by atoms with E-state index in [-0.39, 0.29) is 11.7 Å². The predicted molar refractivity (Wildman–Crippen MR) is 87.5 cm³/mol. The molecule has 1 unspecified atom stereocenters. The largest absolute Gasteiger partial charge is 0.364 e. The highest BCUT2D eigenvalue weighted by Gasteiger charge is 2.29. The molecule has 0 aliphatic carbocycles. The van der Waals surface area contributed by atoms with Gasteiger partial charge in [0, 0.05) is 38.7 Å². The SMILES string of the molecule is O=C(CCC1CCNC1)N1CCN(S(=O)(=O)Cc2ccon2)CC1. The number of piperazine rings is 1. The molecule has 0 radical (unpaired) electrons. The van der Waals surface area contributed by atoms with Crippen molar-refractivity contribution in [3.05, 3.63) is 18.0 Å². The van der Waals surface area contributed by atoms with Crippen molar-refractivity contribution < 1.29 is 17.7 Å². The van der Waals surface area contributed by atoms with Crippen LogP contribution in [-0.2, 0) is 20.6 Å². The highest BCUT2D eigenvalue weighted by molar-refractivity contribution is 7.88. The van der Waals surface area contributed by atoms with Crippen molar-refractivity contribution in [3.63, 3.8) is 0 Å². The smallest absolute Gasteiger partial charge is 0.222 e. The van der Waals surface area contributed by atoms with Crippen LogP contribution in [0.3, 0.4) is 0 Å². The lowest BCUT2D eigenvalue weighted by molar-refractivity contribution is -0.132. The van der Waals surface area contributed by atoms with E-state index in [2.05, 4.69) is 15.0 Å². The maximum Gasteiger partial charge on any atom is 0.222 e. The molecular weight excluding hydrogens is 332 g/mol. The molecule has 8 nitrogen and oxygen atoms in total. The van der Waals surface area contributed by atoms with Gasteiger partial charge in [-0.25, -0.2) is 8.42 Å². The minimum absolute atomic E-state index is 0.135. The molecule has 24 heavy (non-hydrogen) atoms. The normalized spacial score (nSPS) is 22.8. The molecule has 3 heterocycles. The molecule has 0 aromatic carbocycles. The van der Waals surface area contributed by atoms with E-state index in [0.29, 0.717) is 44.2 Å². The van der Waals surface area contributed by atoms with E-state index in [1.165, 1.54) is 10.6 Å². The first-order valence-corrected chi connectivity index (χ1v) is 10.0. The fraction of sp³-hybridized carbons (Fsp3) is 0.733. The van der Waals surface area contributed by atoms with Crippen LogP contribution in [-0.4, -0.2) is 68.0 Å². The van der Waals surface area contributed by atoms with Crippen LogP contribution in [0.4, 0.5) is 0 Å². The minimum Gasteiger partial charge on any atom is -0.364 e. The summed E-state index contributed by atoms with van der Waals surface area (Å²) in [5, 5.41) is 6.96. The van der Waals surface area contributed by atoms with Crippen LogP contribution in [0.5, 0.6) is 0 Å². The van der Waals surface area contributed by atoms with Crippen LogP contribution in [0.1, 0.15) is 25.0 Å². The summed E-state index contributed by atoms with van der Waals surface area (Å²) in [4.78, 5) is 14.1. The number of amides is 1. The molecule has 0 bridgehead atoms. The lowest BCUT2D eigenvalue weighted by Gasteiger charge is -2.34. The van der Waals surface area contributed by atoms with Gasteiger partial charge in [0.25, 0.3) is 0 Å². The number of aromatic nitrogens is 1. The Labute approximate surface area is 142 Å². The van der Waals surface area contributed by atoms with Gasteiger partial charge >= 0.3 is 0 Å². The molecule has 1 aromatic heterocycles. The van der Waals surface area contributed by atoms with E-state index < -0.39 is 10.0 Å². The van der Waals surface area contributed by atoms with Gasteiger partial charge in [-0.2, -0.15) is 4.31 Å². The van der Waals surface area contributed by atoms with E-state index in [1.807, 2.05) is 0 Å². The van der Waals surface area contributed by atoms with Crippen molar-refractivity contribution in [2.45, 2.75) is 25.0 Å². The van der Waals surface area contributed by atoms with Crippen molar-refractivity contribution in [1.29, 1.82) is 0 Å². The predicted octanol–water partition coefficient (Wildman–Crippen LogP) is 0.0383. The molecule has 1 amide bonds. The van der Waals surface area contributed by atoms with Crippen LogP contribution in [0.2, 0.25) is 0 Å². The Hall–Kier alpha value is -1.45. The molecule has 2 aliphatic rings. The zero-order valence-corrected chi connectivity index (χ0v) is 14.5. The number of rotatable bonds is 6. The van der Waals surface area contributed by atoms with Crippen LogP contribution in [0.15, 0.2) is 16.9 Å². The van der Waals surface area contributed by atoms with Crippen LogP contribution >= 0.6 is 0 Å². The summed E-state index contributed by atoms with van der Waals surface area (Å²) in [5.41, 5.74) is 0.402. The summed E-state index contributed by atoms with van der Waals surface area (Å²) in [6.45, 7) is 3.65. The number of hydrogen-bond donors (Lipinski definition) is 1. The van der Waals surface area contributed by atoms with E-state index >= 15 is 0 Å². The first kappa shape index (κ1) is 17.4. The second-order valence-electron chi connectivity index (χ2n) is 6.42. The first-order chi connectivity index (χ1) is 11.5. The maximum absolute atomic E-state index is 12.4. The number of nitrogens with one attached hydrogen (secondary N) is 1. The summed E-state index contributed by atoms with van der Waals surface area (Å²) in [7, 11) is -3.42. The van der Waals surface area contributed by atoms with Crippen molar-refractivity contribution in [1.82, 2.24) is 19.7 Å². The number of nitrogens with zero attached hydrogens (tertiary/aromatic N) is 3. The molecule has 134 valence electrons. The van der Waals surface area contributed by atoms with E-state index in [0.717, 1.165) is 25.9 Å². The zero-order chi connectivity index (χ0) is 17.0. The lowest BCUT2D eigenvalue weighted by Crippen LogP contribution is -2.50. The van der Waals surface area contributed by atoms with Gasteiger partial charge in [-0.3, -0.25) is 4.79 Å². The van der Waals surface area contributed by atoms with Gasteiger partial charge < -0.3 is 14.7 Å². The molecule has 1 atom stereocenters. The Balaban J connectivity index is 1.45. The quantitative estimate of drug-likeness (QED) is 0.773. The third kappa shape index (κ3) is 4.34. The van der Waals surface area contributed by atoms with Crippen LogP contribution in [0.25, 0.3) is 0 Å². The van der Waals surface area contributed by atoms with E-state index in [9.17, 15) is 13.2 Å². The Bertz CT molecular complexity index is 632.